The lowest BCUT2D eigenvalue weighted by atomic mass is 10.2. The van der Waals surface area contributed by atoms with Gasteiger partial charge in [0.05, 0.1) is 0 Å². The Bertz CT molecular complexity index is 602. The first-order chi connectivity index (χ1) is 10.1. The van der Waals surface area contributed by atoms with E-state index < -0.39 is 5.97 Å². The van der Waals surface area contributed by atoms with E-state index in [-0.39, 0.29) is 18.9 Å². The summed E-state index contributed by atoms with van der Waals surface area (Å²) in [5.41, 5.74) is 1.45. The van der Waals surface area contributed by atoms with Gasteiger partial charge in [-0.2, -0.15) is 0 Å². The van der Waals surface area contributed by atoms with Crippen molar-refractivity contribution in [1.29, 1.82) is 0 Å². The molecule has 0 radical (unpaired) electrons. The van der Waals surface area contributed by atoms with Gasteiger partial charge >= 0.3 is 5.97 Å². The van der Waals surface area contributed by atoms with Gasteiger partial charge in [-0.3, -0.25) is 9.59 Å². The maximum Gasteiger partial charge on any atom is 0.323 e. The number of aromatic nitrogens is 1. The molecule has 0 saturated heterocycles. The van der Waals surface area contributed by atoms with Gasteiger partial charge in [-0.1, -0.05) is 19.1 Å². The SMILES string of the molecule is CCCN(CC(=O)O)C(=O)CCc1nc2ccccc2o1. The normalized spacial score (nSPS) is 10.7. The Morgan fingerprint density at radius 3 is 2.76 bits per heavy atom. The maximum atomic E-state index is 12.1. The second-order valence-electron chi connectivity index (χ2n) is 4.78. The second kappa shape index (κ2) is 6.88. The molecule has 0 atom stereocenters. The average Bonchev–Trinajstić information content (AvgIpc) is 2.86. The number of carboxylic acids is 1. The number of oxazole rings is 1. The smallest absolute Gasteiger partial charge is 0.323 e. The number of rotatable bonds is 7. The van der Waals surface area contributed by atoms with Crippen LogP contribution in [0.15, 0.2) is 28.7 Å². The van der Waals surface area contributed by atoms with E-state index in [4.69, 9.17) is 9.52 Å². The Balaban J connectivity index is 1.96. The van der Waals surface area contributed by atoms with Gasteiger partial charge in [0.2, 0.25) is 5.91 Å². The molecular weight excluding hydrogens is 272 g/mol. The van der Waals surface area contributed by atoms with E-state index in [9.17, 15) is 9.59 Å². The Hall–Kier alpha value is -2.37. The van der Waals surface area contributed by atoms with Crippen molar-refractivity contribution in [3.05, 3.63) is 30.2 Å². The summed E-state index contributed by atoms with van der Waals surface area (Å²) in [7, 11) is 0. The summed E-state index contributed by atoms with van der Waals surface area (Å²) < 4.78 is 5.54. The van der Waals surface area contributed by atoms with Gasteiger partial charge in [0.1, 0.15) is 12.1 Å². The highest BCUT2D eigenvalue weighted by molar-refractivity contribution is 5.81. The minimum atomic E-state index is -1.00. The van der Waals surface area contributed by atoms with Gasteiger partial charge in [0.15, 0.2) is 11.5 Å². The van der Waals surface area contributed by atoms with Crippen molar-refractivity contribution >= 4 is 23.0 Å². The molecule has 2 aromatic rings. The molecule has 21 heavy (non-hydrogen) atoms. The standard InChI is InChI=1S/C15H18N2O4/c1-2-9-17(10-15(19)20)14(18)8-7-13-16-11-5-3-4-6-12(11)21-13/h3-6H,2,7-10H2,1H3,(H,19,20). The Morgan fingerprint density at radius 2 is 2.10 bits per heavy atom. The van der Waals surface area contributed by atoms with Crippen LogP contribution in [0.1, 0.15) is 25.7 Å². The Labute approximate surface area is 122 Å². The predicted octanol–water partition coefficient (Wildman–Crippen LogP) is 2.08. The van der Waals surface area contributed by atoms with E-state index >= 15 is 0 Å². The lowest BCUT2D eigenvalue weighted by Gasteiger charge is -2.19. The van der Waals surface area contributed by atoms with Crippen molar-refractivity contribution in [3.8, 4) is 0 Å². The molecule has 0 bridgehead atoms. The van der Waals surface area contributed by atoms with Crippen molar-refractivity contribution in [2.24, 2.45) is 0 Å². The third-order valence-electron chi connectivity index (χ3n) is 3.06. The molecule has 0 unspecified atom stereocenters. The fraction of sp³-hybridized carbons (Fsp3) is 0.400. The van der Waals surface area contributed by atoms with Crippen LogP contribution in [0.25, 0.3) is 11.1 Å². The first-order valence-electron chi connectivity index (χ1n) is 6.94. The number of aliphatic carboxylic acids is 1. The van der Waals surface area contributed by atoms with Gasteiger partial charge in [0.25, 0.3) is 0 Å². The molecule has 0 aliphatic rings. The molecule has 6 nitrogen and oxygen atoms in total. The van der Waals surface area contributed by atoms with E-state index in [1.54, 1.807) is 0 Å². The first-order valence-corrected chi connectivity index (χ1v) is 6.94. The van der Waals surface area contributed by atoms with E-state index in [2.05, 4.69) is 4.98 Å². The van der Waals surface area contributed by atoms with Crippen LogP contribution in [-0.4, -0.2) is 40.0 Å². The number of fused-ring (bicyclic) bond motifs is 1. The van der Waals surface area contributed by atoms with Crippen molar-refractivity contribution in [2.45, 2.75) is 26.2 Å². The van der Waals surface area contributed by atoms with E-state index in [1.165, 1.54) is 4.90 Å². The minimum Gasteiger partial charge on any atom is -0.480 e. The van der Waals surface area contributed by atoms with Crippen LogP contribution in [0.3, 0.4) is 0 Å². The number of carboxylic acid groups (broad SMARTS) is 1. The van der Waals surface area contributed by atoms with Gasteiger partial charge in [0, 0.05) is 19.4 Å². The third kappa shape index (κ3) is 4.05. The number of carbonyl (C=O) groups is 2. The number of amides is 1. The zero-order valence-corrected chi connectivity index (χ0v) is 11.9. The zero-order chi connectivity index (χ0) is 15.2. The molecule has 1 N–H and O–H groups in total. The fourth-order valence-electron chi connectivity index (χ4n) is 2.12. The molecule has 2 rings (SSSR count). The summed E-state index contributed by atoms with van der Waals surface area (Å²) in [6.07, 6.45) is 1.29. The number of hydrogen-bond donors (Lipinski definition) is 1. The lowest BCUT2D eigenvalue weighted by molar-refractivity contribution is -0.144. The number of hydrogen-bond acceptors (Lipinski definition) is 4. The van der Waals surface area contributed by atoms with Crippen LogP contribution in [-0.2, 0) is 16.0 Å². The Morgan fingerprint density at radius 1 is 1.33 bits per heavy atom. The largest absolute Gasteiger partial charge is 0.480 e. The van der Waals surface area contributed by atoms with Crippen LogP contribution in [0.5, 0.6) is 0 Å². The Kier molecular flexibility index (Phi) is 4.92. The lowest BCUT2D eigenvalue weighted by Crippen LogP contribution is -2.36. The molecule has 1 amide bonds. The molecule has 0 aliphatic carbocycles. The highest BCUT2D eigenvalue weighted by atomic mass is 16.4. The van der Waals surface area contributed by atoms with Gasteiger partial charge < -0.3 is 14.4 Å². The maximum absolute atomic E-state index is 12.1. The summed E-state index contributed by atoms with van der Waals surface area (Å²) in [6.45, 7) is 2.09. The summed E-state index contributed by atoms with van der Waals surface area (Å²) in [5, 5.41) is 8.82. The molecule has 6 heteroatoms. The van der Waals surface area contributed by atoms with Crippen molar-refractivity contribution in [1.82, 2.24) is 9.88 Å². The van der Waals surface area contributed by atoms with E-state index in [1.807, 2.05) is 31.2 Å². The first kappa shape index (κ1) is 15.0. The van der Waals surface area contributed by atoms with Gasteiger partial charge in [-0.25, -0.2) is 4.98 Å². The van der Waals surface area contributed by atoms with Crippen molar-refractivity contribution < 1.29 is 19.1 Å². The topological polar surface area (TPSA) is 83.6 Å². The summed E-state index contributed by atoms with van der Waals surface area (Å²) >= 11 is 0. The van der Waals surface area contributed by atoms with Crippen LogP contribution in [0.4, 0.5) is 0 Å². The molecule has 1 aromatic carbocycles. The quantitative estimate of drug-likeness (QED) is 0.844. The number of aryl methyl sites for hydroxylation is 1. The van der Waals surface area contributed by atoms with Gasteiger partial charge in [-0.15, -0.1) is 0 Å². The van der Waals surface area contributed by atoms with Gasteiger partial charge in [-0.05, 0) is 18.6 Å². The number of nitrogens with zero attached hydrogens (tertiary/aromatic N) is 2. The molecule has 1 aromatic heterocycles. The molecule has 0 spiro atoms. The van der Waals surface area contributed by atoms with E-state index in [0.29, 0.717) is 24.4 Å². The molecular formula is C15H18N2O4. The monoisotopic (exact) mass is 290 g/mol. The molecule has 112 valence electrons. The van der Waals surface area contributed by atoms with Crippen molar-refractivity contribution in [3.63, 3.8) is 0 Å². The molecule has 0 aliphatic heterocycles. The summed E-state index contributed by atoms with van der Waals surface area (Å²) in [6, 6.07) is 7.40. The molecule has 0 fully saturated rings. The van der Waals surface area contributed by atoms with Crippen LogP contribution in [0.2, 0.25) is 0 Å². The van der Waals surface area contributed by atoms with Crippen LogP contribution >= 0.6 is 0 Å². The number of carbonyl (C=O) groups excluding carboxylic acids is 1. The highest BCUT2D eigenvalue weighted by Crippen LogP contribution is 2.16. The summed E-state index contributed by atoms with van der Waals surface area (Å²) in [5.74, 6) is -0.698. The summed E-state index contributed by atoms with van der Waals surface area (Å²) in [4.78, 5) is 28.5. The molecule has 1 heterocycles. The van der Waals surface area contributed by atoms with E-state index in [0.717, 1.165) is 11.9 Å². The minimum absolute atomic E-state index is 0.193. The van der Waals surface area contributed by atoms with Crippen molar-refractivity contribution in [2.75, 3.05) is 13.1 Å². The predicted molar refractivity (Wildman–Crippen MR) is 76.8 cm³/mol. The average molecular weight is 290 g/mol. The highest BCUT2D eigenvalue weighted by Gasteiger charge is 2.17. The number of benzene rings is 1. The third-order valence-corrected chi connectivity index (χ3v) is 3.06. The second-order valence-corrected chi connectivity index (χ2v) is 4.78. The van der Waals surface area contributed by atoms with Crippen LogP contribution < -0.4 is 0 Å². The van der Waals surface area contributed by atoms with Crippen LogP contribution in [0, 0.1) is 0 Å². The molecule has 0 saturated carbocycles. The number of para-hydroxylation sites is 2. The zero-order valence-electron chi connectivity index (χ0n) is 11.9. The fourth-order valence-corrected chi connectivity index (χ4v) is 2.12.